The molecule has 1 aliphatic heterocycles. The summed E-state index contributed by atoms with van der Waals surface area (Å²) in [6, 6.07) is 0.0756. The number of ether oxygens (including phenoxy) is 1. The first-order chi connectivity index (χ1) is 9.22. The molecule has 19 heavy (non-hydrogen) atoms. The molecule has 1 saturated carbocycles. The maximum atomic E-state index is 12.6. The molecule has 110 valence electrons. The Hall–Kier alpha value is -0.610. The van der Waals surface area contributed by atoms with Crippen molar-refractivity contribution < 1.29 is 9.53 Å². The summed E-state index contributed by atoms with van der Waals surface area (Å²) < 4.78 is 5.70. The van der Waals surface area contributed by atoms with Crippen molar-refractivity contribution >= 4 is 5.91 Å². The summed E-state index contributed by atoms with van der Waals surface area (Å²) in [7, 11) is 0. The minimum Gasteiger partial charge on any atom is -0.376 e. The lowest BCUT2D eigenvalue weighted by Crippen LogP contribution is -2.50. The van der Waals surface area contributed by atoms with Gasteiger partial charge in [0.25, 0.3) is 0 Å². The number of rotatable bonds is 6. The van der Waals surface area contributed by atoms with Crippen molar-refractivity contribution in [1.29, 1.82) is 0 Å². The van der Waals surface area contributed by atoms with Gasteiger partial charge >= 0.3 is 0 Å². The van der Waals surface area contributed by atoms with E-state index in [4.69, 9.17) is 10.5 Å². The number of hydrogen-bond acceptors (Lipinski definition) is 3. The van der Waals surface area contributed by atoms with Crippen LogP contribution in [-0.4, -0.2) is 42.1 Å². The number of carbonyl (C=O) groups is 1. The highest BCUT2D eigenvalue weighted by molar-refractivity contribution is 5.82. The van der Waals surface area contributed by atoms with E-state index in [9.17, 15) is 4.79 Å². The third-order valence-electron chi connectivity index (χ3n) is 4.39. The van der Waals surface area contributed by atoms with Crippen LogP contribution in [0.4, 0.5) is 0 Å². The smallest absolute Gasteiger partial charge is 0.239 e. The fourth-order valence-corrected chi connectivity index (χ4v) is 3.29. The van der Waals surface area contributed by atoms with Crippen molar-refractivity contribution in [3.05, 3.63) is 0 Å². The molecule has 0 radical (unpaired) electrons. The lowest BCUT2D eigenvalue weighted by atomic mass is 10.1. The average Bonchev–Trinajstić information content (AvgIpc) is 3.08. The molecule has 4 nitrogen and oxygen atoms in total. The summed E-state index contributed by atoms with van der Waals surface area (Å²) in [5.74, 6) is 0.143. The van der Waals surface area contributed by atoms with Crippen molar-refractivity contribution in [2.24, 2.45) is 5.73 Å². The van der Waals surface area contributed by atoms with E-state index in [-0.39, 0.29) is 18.1 Å². The summed E-state index contributed by atoms with van der Waals surface area (Å²) in [6.07, 6.45) is 8.94. The summed E-state index contributed by atoms with van der Waals surface area (Å²) in [6.45, 7) is 3.67. The van der Waals surface area contributed by atoms with E-state index < -0.39 is 0 Å². The summed E-state index contributed by atoms with van der Waals surface area (Å²) in [4.78, 5) is 14.6. The van der Waals surface area contributed by atoms with E-state index in [2.05, 4.69) is 6.92 Å². The van der Waals surface area contributed by atoms with Gasteiger partial charge in [-0.25, -0.2) is 0 Å². The molecular formula is C15H28N2O2. The molecule has 2 N–H and O–H groups in total. The molecule has 0 aromatic rings. The second kappa shape index (κ2) is 7.25. The standard InChI is InChI=1S/C15H28N2O2/c1-2-6-14(16)15(18)17(12-7-3-4-8-12)11-13-9-5-10-19-13/h12-14H,2-11,16H2,1H3. The Bertz CT molecular complexity index is 284. The summed E-state index contributed by atoms with van der Waals surface area (Å²) in [5, 5.41) is 0. The van der Waals surface area contributed by atoms with E-state index in [1.165, 1.54) is 12.8 Å². The Morgan fingerprint density at radius 3 is 2.63 bits per heavy atom. The van der Waals surface area contributed by atoms with Crippen molar-refractivity contribution in [2.45, 2.75) is 76.5 Å². The van der Waals surface area contributed by atoms with Gasteiger partial charge in [0.2, 0.25) is 5.91 Å². The molecule has 1 saturated heterocycles. The second-order valence-electron chi connectivity index (χ2n) is 5.96. The van der Waals surface area contributed by atoms with E-state index in [0.717, 1.165) is 51.7 Å². The molecule has 2 fully saturated rings. The lowest BCUT2D eigenvalue weighted by molar-refractivity contribution is -0.136. The van der Waals surface area contributed by atoms with Crippen LogP contribution in [0.5, 0.6) is 0 Å². The SMILES string of the molecule is CCCC(N)C(=O)N(CC1CCCO1)C1CCCC1. The van der Waals surface area contributed by atoms with Crippen LogP contribution in [-0.2, 0) is 9.53 Å². The fraction of sp³-hybridized carbons (Fsp3) is 0.933. The highest BCUT2D eigenvalue weighted by Gasteiger charge is 2.32. The van der Waals surface area contributed by atoms with Crippen LogP contribution in [0.25, 0.3) is 0 Å². The molecule has 0 aromatic carbocycles. The van der Waals surface area contributed by atoms with E-state index in [1.54, 1.807) is 0 Å². The van der Waals surface area contributed by atoms with E-state index in [1.807, 2.05) is 4.90 Å². The minimum atomic E-state index is -0.327. The largest absolute Gasteiger partial charge is 0.376 e. The molecule has 1 heterocycles. The summed E-state index contributed by atoms with van der Waals surface area (Å²) in [5.41, 5.74) is 6.04. The van der Waals surface area contributed by atoms with Crippen LogP contribution < -0.4 is 5.73 Å². The van der Waals surface area contributed by atoms with Gasteiger partial charge in [-0.05, 0) is 32.1 Å². The van der Waals surface area contributed by atoms with Crippen LogP contribution in [0, 0.1) is 0 Å². The molecule has 2 unspecified atom stereocenters. The third kappa shape index (κ3) is 3.93. The number of amides is 1. The van der Waals surface area contributed by atoms with E-state index >= 15 is 0 Å². The quantitative estimate of drug-likeness (QED) is 0.802. The summed E-state index contributed by atoms with van der Waals surface area (Å²) >= 11 is 0. The van der Waals surface area contributed by atoms with Gasteiger partial charge in [0.1, 0.15) is 0 Å². The van der Waals surface area contributed by atoms with Crippen LogP contribution in [0.1, 0.15) is 58.3 Å². The molecule has 2 atom stereocenters. The predicted molar refractivity (Wildman–Crippen MR) is 75.8 cm³/mol. The maximum Gasteiger partial charge on any atom is 0.239 e. The molecule has 2 rings (SSSR count). The maximum absolute atomic E-state index is 12.6. The number of nitrogens with two attached hydrogens (primary N) is 1. The van der Waals surface area contributed by atoms with E-state index in [0.29, 0.717) is 6.04 Å². The molecule has 1 aliphatic carbocycles. The topological polar surface area (TPSA) is 55.6 Å². The molecule has 4 heteroatoms. The molecule has 2 aliphatic rings. The second-order valence-corrected chi connectivity index (χ2v) is 5.96. The highest BCUT2D eigenvalue weighted by atomic mass is 16.5. The Morgan fingerprint density at radius 1 is 1.32 bits per heavy atom. The predicted octanol–water partition coefficient (Wildman–Crippen LogP) is 2.06. The molecule has 1 amide bonds. The van der Waals surface area contributed by atoms with Crippen molar-refractivity contribution in [1.82, 2.24) is 4.90 Å². The first-order valence-electron chi connectivity index (χ1n) is 7.90. The van der Waals surface area contributed by atoms with Crippen LogP contribution >= 0.6 is 0 Å². The van der Waals surface area contributed by atoms with Crippen molar-refractivity contribution in [3.63, 3.8) is 0 Å². The number of carbonyl (C=O) groups excluding carboxylic acids is 1. The van der Waals surface area contributed by atoms with Gasteiger partial charge in [0.15, 0.2) is 0 Å². The zero-order valence-electron chi connectivity index (χ0n) is 12.1. The number of nitrogens with zero attached hydrogens (tertiary/aromatic N) is 1. The number of hydrogen-bond donors (Lipinski definition) is 1. The normalized spacial score (nSPS) is 25.7. The first-order valence-corrected chi connectivity index (χ1v) is 7.90. The van der Waals surface area contributed by atoms with Crippen LogP contribution in [0.2, 0.25) is 0 Å². The molecule has 0 spiro atoms. The van der Waals surface area contributed by atoms with Gasteiger partial charge in [0, 0.05) is 19.2 Å². The Morgan fingerprint density at radius 2 is 2.05 bits per heavy atom. The fourth-order valence-electron chi connectivity index (χ4n) is 3.29. The van der Waals surface area contributed by atoms with Gasteiger partial charge in [-0.3, -0.25) is 4.79 Å². The minimum absolute atomic E-state index is 0.143. The zero-order chi connectivity index (χ0) is 13.7. The van der Waals surface area contributed by atoms with Gasteiger partial charge in [0.05, 0.1) is 12.1 Å². The Kier molecular flexibility index (Phi) is 5.64. The highest BCUT2D eigenvalue weighted by Crippen LogP contribution is 2.26. The van der Waals surface area contributed by atoms with Gasteiger partial charge < -0.3 is 15.4 Å². The van der Waals surface area contributed by atoms with Crippen molar-refractivity contribution in [2.75, 3.05) is 13.2 Å². The zero-order valence-corrected chi connectivity index (χ0v) is 12.1. The van der Waals surface area contributed by atoms with Crippen LogP contribution in [0.3, 0.4) is 0 Å². The van der Waals surface area contributed by atoms with Gasteiger partial charge in [-0.15, -0.1) is 0 Å². The Balaban J connectivity index is 1.97. The third-order valence-corrected chi connectivity index (χ3v) is 4.39. The average molecular weight is 268 g/mol. The monoisotopic (exact) mass is 268 g/mol. The van der Waals surface area contributed by atoms with Gasteiger partial charge in [-0.2, -0.15) is 0 Å². The van der Waals surface area contributed by atoms with Crippen LogP contribution in [0.15, 0.2) is 0 Å². The van der Waals surface area contributed by atoms with Gasteiger partial charge in [-0.1, -0.05) is 26.2 Å². The lowest BCUT2D eigenvalue weighted by Gasteiger charge is -2.33. The molecule has 0 bridgehead atoms. The van der Waals surface area contributed by atoms with Crippen molar-refractivity contribution in [3.8, 4) is 0 Å². The molecule has 0 aromatic heterocycles. The first kappa shape index (κ1) is 14.8. The molecular weight excluding hydrogens is 240 g/mol. The Labute approximate surface area is 116 Å².